The van der Waals surface area contributed by atoms with Crippen LogP contribution in [0, 0.1) is 5.82 Å². The van der Waals surface area contributed by atoms with Gasteiger partial charge in [0, 0.05) is 5.56 Å². The SMILES string of the molecule is O=C(NNC(=O)c1ccccc1F)c1cc(-c2ccccc2)n[nH]1. The highest BCUT2D eigenvalue weighted by Gasteiger charge is 2.14. The fourth-order valence-corrected chi connectivity index (χ4v) is 2.09. The van der Waals surface area contributed by atoms with Crippen molar-refractivity contribution in [1.29, 1.82) is 0 Å². The first-order valence-electron chi connectivity index (χ1n) is 7.11. The summed E-state index contributed by atoms with van der Waals surface area (Å²) < 4.78 is 13.5. The number of carbonyl (C=O) groups excluding carboxylic acids is 2. The highest BCUT2D eigenvalue weighted by molar-refractivity contribution is 5.98. The number of hydrogen-bond donors (Lipinski definition) is 3. The van der Waals surface area contributed by atoms with E-state index in [4.69, 9.17) is 0 Å². The molecule has 0 spiro atoms. The third-order valence-electron chi connectivity index (χ3n) is 3.30. The predicted octanol–water partition coefficient (Wildman–Crippen LogP) is 2.29. The molecule has 0 aliphatic heterocycles. The summed E-state index contributed by atoms with van der Waals surface area (Å²) in [6.07, 6.45) is 0. The Morgan fingerprint density at radius 2 is 1.58 bits per heavy atom. The molecule has 2 aromatic carbocycles. The zero-order valence-corrected chi connectivity index (χ0v) is 12.4. The average molecular weight is 324 g/mol. The Bertz CT molecular complexity index is 877. The van der Waals surface area contributed by atoms with Gasteiger partial charge in [-0.05, 0) is 18.2 Å². The number of nitrogens with zero attached hydrogens (tertiary/aromatic N) is 1. The molecule has 0 radical (unpaired) electrons. The molecule has 120 valence electrons. The van der Waals surface area contributed by atoms with Crippen molar-refractivity contribution in [1.82, 2.24) is 21.0 Å². The molecular weight excluding hydrogens is 311 g/mol. The number of aromatic nitrogens is 2. The van der Waals surface area contributed by atoms with Crippen LogP contribution in [-0.2, 0) is 0 Å². The third-order valence-corrected chi connectivity index (χ3v) is 3.30. The minimum absolute atomic E-state index is 0.160. The number of amides is 2. The largest absolute Gasteiger partial charge is 0.287 e. The van der Waals surface area contributed by atoms with E-state index in [1.807, 2.05) is 30.3 Å². The Balaban J connectivity index is 1.65. The van der Waals surface area contributed by atoms with Crippen LogP contribution in [0.5, 0.6) is 0 Å². The van der Waals surface area contributed by atoms with Gasteiger partial charge in [-0.3, -0.25) is 25.5 Å². The van der Waals surface area contributed by atoms with Crippen molar-refractivity contribution < 1.29 is 14.0 Å². The summed E-state index contributed by atoms with van der Waals surface area (Å²) in [5, 5.41) is 6.64. The fraction of sp³-hybridized carbons (Fsp3) is 0. The van der Waals surface area contributed by atoms with E-state index in [-0.39, 0.29) is 11.3 Å². The number of carbonyl (C=O) groups is 2. The maximum Gasteiger partial charge on any atom is 0.287 e. The molecule has 1 heterocycles. The smallest absolute Gasteiger partial charge is 0.272 e. The molecule has 0 unspecified atom stereocenters. The summed E-state index contributed by atoms with van der Waals surface area (Å²) in [6, 6.07) is 16.4. The van der Waals surface area contributed by atoms with Gasteiger partial charge in [-0.25, -0.2) is 4.39 Å². The third kappa shape index (κ3) is 3.30. The number of hydrazine groups is 1. The van der Waals surface area contributed by atoms with Crippen LogP contribution in [0.4, 0.5) is 4.39 Å². The summed E-state index contributed by atoms with van der Waals surface area (Å²) in [5.74, 6) is -2.00. The van der Waals surface area contributed by atoms with E-state index in [9.17, 15) is 14.0 Å². The summed E-state index contributed by atoms with van der Waals surface area (Å²) >= 11 is 0. The molecule has 3 rings (SSSR count). The molecule has 0 bridgehead atoms. The highest BCUT2D eigenvalue weighted by atomic mass is 19.1. The van der Waals surface area contributed by atoms with Gasteiger partial charge in [-0.15, -0.1) is 0 Å². The van der Waals surface area contributed by atoms with Gasteiger partial charge in [-0.2, -0.15) is 5.10 Å². The summed E-state index contributed by atoms with van der Waals surface area (Å²) in [5.41, 5.74) is 5.83. The Morgan fingerprint density at radius 3 is 2.33 bits per heavy atom. The van der Waals surface area contributed by atoms with Crippen molar-refractivity contribution in [3.05, 3.63) is 77.7 Å². The van der Waals surface area contributed by atoms with E-state index in [0.717, 1.165) is 11.6 Å². The van der Waals surface area contributed by atoms with Crippen LogP contribution < -0.4 is 10.9 Å². The second-order valence-corrected chi connectivity index (χ2v) is 4.92. The van der Waals surface area contributed by atoms with Gasteiger partial charge in [0.15, 0.2) is 0 Å². The molecule has 2 amide bonds. The molecule has 0 fully saturated rings. The first-order valence-corrected chi connectivity index (χ1v) is 7.11. The van der Waals surface area contributed by atoms with Crippen molar-refractivity contribution in [2.75, 3.05) is 0 Å². The average Bonchev–Trinajstić information content (AvgIpc) is 3.11. The Hall–Kier alpha value is -3.48. The lowest BCUT2D eigenvalue weighted by Gasteiger charge is -2.06. The predicted molar refractivity (Wildman–Crippen MR) is 85.4 cm³/mol. The number of rotatable bonds is 3. The van der Waals surface area contributed by atoms with Crippen LogP contribution in [0.3, 0.4) is 0 Å². The Kier molecular flexibility index (Phi) is 4.33. The van der Waals surface area contributed by atoms with Crippen molar-refractivity contribution in [2.24, 2.45) is 0 Å². The van der Waals surface area contributed by atoms with Crippen LogP contribution in [0.2, 0.25) is 0 Å². The van der Waals surface area contributed by atoms with Crippen LogP contribution >= 0.6 is 0 Å². The second-order valence-electron chi connectivity index (χ2n) is 4.92. The number of benzene rings is 2. The van der Waals surface area contributed by atoms with Gasteiger partial charge in [0.2, 0.25) is 0 Å². The lowest BCUT2D eigenvalue weighted by atomic mass is 10.1. The van der Waals surface area contributed by atoms with E-state index in [1.54, 1.807) is 6.07 Å². The van der Waals surface area contributed by atoms with Crippen LogP contribution in [0.15, 0.2) is 60.7 Å². The minimum atomic E-state index is -0.746. The molecule has 6 nitrogen and oxygen atoms in total. The Morgan fingerprint density at radius 1 is 0.917 bits per heavy atom. The molecule has 0 aliphatic carbocycles. The summed E-state index contributed by atoms with van der Waals surface area (Å²) in [7, 11) is 0. The molecule has 3 N–H and O–H groups in total. The number of hydrogen-bond acceptors (Lipinski definition) is 3. The van der Waals surface area contributed by atoms with Crippen LogP contribution in [-0.4, -0.2) is 22.0 Å². The number of nitrogens with one attached hydrogen (secondary N) is 3. The first-order chi connectivity index (χ1) is 11.6. The Labute approximate surface area is 136 Å². The summed E-state index contributed by atoms with van der Waals surface area (Å²) in [6.45, 7) is 0. The number of H-pyrrole nitrogens is 1. The van der Waals surface area contributed by atoms with Gasteiger partial charge in [-0.1, -0.05) is 42.5 Å². The standard InChI is InChI=1S/C17H13FN4O2/c18-13-9-5-4-8-12(13)16(23)21-22-17(24)15-10-14(19-20-15)11-6-2-1-3-7-11/h1-10H,(H,19,20)(H,21,23)(H,22,24). The topological polar surface area (TPSA) is 86.9 Å². The van der Waals surface area contributed by atoms with Gasteiger partial charge in [0.05, 0.1) is 11.3 Å². The van der Waals surface area contributed by atoms with Crippen molar-refractivity contribution >= 4 is 11.8 Å². The molecule has 0 saturated heterocycles. The molecule has 3 aromatic rings. The monoisotopic (exact) mass is 324 g/mol. The lowest BCUT2D eigenvalue weighted by molar-refractivity contribution is 0.0841. The molecule has 0 aliphatic rings. The normalized spacial score (nSPS) is 10.2. The van der Waals surface area contributed by atoms with Gasteiger partial charge >= 0.3 is 0 Å². The molecule has 1 aromatic heterocycles. The van der Waals surface area contributed by atoms with E-state index in [0.29, 0.717) is 5.69 Å². The van der Waals surface area contributed by atoms with Gasteiger partial charge < -0.3 is 0 Å². The van der Waals surface area contributed by atoms with Crippen molar-refractivity contribution in [2.45, 2.75) is 0 Å². The van der Waals surface area contributed by atoms with Crippen LogP contribution in [0.1, 0.15) is 20.8 Å². The highest BCUT2D eigenvalue weighted by Crippen LogP contribution is 2.16. The van der Waals surface area contributed by atoms with Gasteiger partial charge in [0.25, 0.3) is 11.8 Å². The first kappa shape index (κ1) is 15.4. The molecule has 7 heteroatoms. The second kappa shape index (κ2) is 6.74. The van der Waals surface area contributed by atoms with E-state index in [2.05, 4.69) is 21.0 Å². The maximum absolute atomic E-state index is 13.5. The summed E-state index contributed by atoms with van der Waals surface area (Å²) in [4.78, 5) is 23.9. The quantitative estimate of drug-likeness (QED) is 0.646. The van der Waals surface area contributed by atoms with Crippen LogP contribution in [0.25, 0.3) is 11.3 Å². The fourth-order valence-electron chi connectivity index (χ4n) is 2.09. The maximum atomic E-state index is 13.5. The lowest BCUT2D eigenvalue weighted by Crippen LogP contribution is -2.42. The molecule has 24 heavy (non-hydrogen) atoms. The zero-order chi connectivity index (χ0) is 16.9. The molecule has 0 saturated carbocycles. The minimum Gasteiger partial charge on any atom is -0.272 e. The molecule has 0 atom stereocenters. The number of halogens is 1. The number of aromatic amines is 1. The zero-order valence-electron chi connectivity index (χ0n) is 12.4. The van der Waals surface area contributed by atoms with Gasteiger partial charge in [0.1, 0.15) is 11.5 Å². The van der Waals surface area contributed by atoms with E-state index < -0.39 is 17.6 Å². The van der Waals surface area contributed by atoms with Crippen molar-refractivity contribution in [3.8, 4) is 11.3 Å². The van der Waals surface area contributed by atoms with Crippen molar-refractivity contribution in [3.63, 3.8) is 0 Å². The molecular formula is C17H13FN4O2. The van der Waals surface area contributed by atoms with E-state index in [1.165, 1.54) is 18.2 Å². The van der Waals surface area contributed by atoms with E-state index >= 15 is 0 Å².